The molecule has 0 N–H and O–H groups in total. The molecule has 1 saturated heterocycles. The van der Waals surface area contributed by atoms with Crippen molar-refractivity contribution in [1.82, 2.24) is 4.90 Å². The van der Waals surface area contributed by atoms with Crippen molar-refractivity contribution < 1.29 is 24.1 Å². The van der Waals surface area contributed by atoms with Gasteiger partial charge in [0.2, 0.25) is 0 Å². The van der Waals surface area contributed by atoms with Crippen molar-refractivity contribution in [3.63, 3.8) is 0 Å². The van der Waals surface area contributed by atoms with Gasteiger partial charge in [0.1, 0.15) is 0 Å². The molecule has 0 atom stereocenters. The number of rotatable bonds is 4. The van der Waals surface area contributed by atoms with E-state index in [2.05, 4.69) is 4.90 Å². The molecule has 33 heavy (non-hydrogen) atoms. The van der Waals surface area contributed by atoms with Crippen molar-refractivity contribution in [2.24, 2.45) is 5.41 Å². The lowest BCUT2D eigenvalue weighted by Crippen LogP contribution is -2.36. The zero-order chi connectivity index (χ0) is 23.6. The van der Waals surface area contributed by atoms with E-state index < -0.39 is 11.4 Å². The van der Waals surface area contributed by atoms with Crippen molar-refractivity contribution in [3.8, 4) is 5.75 Å². The maximum absolute atomic E-state index is 12.7. The Morgan fingerprint density at radius 3 is 2.52 bits per heavy atom. The van der Waals surface area contributed by atoms with Gasteiger partial charge in [0.15, 0.2) is 5.75 Å². The van der Waals surface area contributed by atoms with E-state index in [-0.39, 0.29) is 5.97 Å². The number of piperidine rings is 1. The third-order valence-corrected chi connectivity index (χ3v) is 6.67. The predicted molar refractivity (Wildman–Crippen MR) is 126 cm³/mol. The highest BCUT2D eigenvalue weighted by Crippen LogP contribution is 2.40. The number of fused-ring (bicyclic) bond motifs is 2. The monoisotopic (exact) mass is 469 g/mol. The van der Waals surface area contributed by atoms with Gasteiger partial charge in [-0.05, 0) is 69.0 Å². The van der Waals surface area contributed by atoms with Crippen LogP contribution in [-0.2, 0) is 14.4 Å². The largest absolute Gasteiger partial charge is 0.469 e. The summed E-state index contributed by atoms with van der Waals surface area (Å²) in [7, 11) is 1.43. The van der Waals surface area contributed by atoms with E-state index in [4.69, 9.17) is 26.1 Å². The fraction of sp³-hybridized carbons (Fsp3) is 0.385. The van der Waals surface area contributed by atoms with Crippen LogP contribution in [-0.4, -0.2) is 43.6 Å². The molecule has 0 aliphatic carbocycles. The van der Waals surface area contributed by atoms with Gasteiger partial charge >= 0.3 is 11.9 Å². The van der Waals surface area contributed by atoms with Crippen molar-refractivity contribution >= 4 is 29.1 Å². The van der Waals surface area contributed by atoms with Crippen LogP contribution < -0.4 is 4.89 Å². The zero-order valence-corrected chi connectivity index (χ0v) is 19.9. The van der Waals surface area contributed by atoms with Gasteiger partial charge in [0.25, 0.3) is 0 Å². The number of carbonyl (C=O) groups is 2. The fourth-order valence-electron chi connectivity index (χ4n) is 4.42. The molecule has 2 aromatic rings. The highest BCUT2D eigenvalue weighted by molar-refractivity contribution is 6.31. The van der Waals surface area contributed by atoms with E-state index in [0.717, 1.165) is 55.6 Å². The Morgan fingerprint density at radius 1 is 1.06 bits per heavy atom. The molecule has 6 nitrogen and oxygen atoms in total. The van der Waals surface area contributed by atoms with Crippen LogP contribution >= 0.6 is 11.6 Å². The van der Waals surface area contributed by atoms with Gasteiger partial charge in [0, 0.05) is 23.7 Å². The van der Waals surface area contributed by atoms with Crippen LogP contribution in [0.4, 0.5) is 0 Å². The predicted octanol–water partition coefficient (Wildman–Crippen LogP) is 5.29. The molecular formula is C26H28ClNO5. The standard InChI is InChI=1S/C26H28ClNO5/c1-26(2,25(30)31-3)12-15-28-13-10-17(11-14-28)23-19-9-8-18(27)16-21(19)24(29)33-32-22-7-5-4-6-20(22)23/h4-9,16H,10-15H2,1-3H3. The minimum atomic E-state index is -0.567. The molecule has 0 saturated carbocycles. The lowest BCUT2D eigenvalue weighted by Gasteiger charge is -2.33. The smallest absolute Gasteiger partial charge is 0.386 e. The average Bonchev–Trinajstić information content (AvgIpc) is 2.82. The van der Waals surface area contributed by atoms with Gasteiger partial charge in [-0.15, -0.1) is 0 Å². The van der Waals surface area contributed by atoms with Crippen molar-refractivity contribution in [2.45, 2.75) is 33.1 Å². The summed E-state index contributed by atoms with van der Waals surface area (Å²) in [6.07, 6.45) is 2.42. The van der Waals surface area contributed by atoms with E-state index >= 15 is 0 Å². The average molecular weight is 470 g/mol. The number of hydrogen-bond donors (Lipinski definition) is 0. The molecule has 0 bridgehead atoms. The van der Waals surface area contributed by atoms with Gasteiger partial charge < -0.3 is 9.64 Å². The fourth-order valence-corrected chi connectivity index (χ4v) is 4.59. The number of carbonyl (C=O) groups excluding carboxylic acids is 2. The molecule has 0 spiro atoms. The van der Waals surface area contributed by atoms with E-state index in [1.165, 1.54) is 12.7 Å². The first kappa shape index (κ1) is 23.3. The van der Waals surface area contributed by atoms with Gasteiger partial charge in [-0.1, -0.05) is 41.4 Å². The summed E-state index contributed by atoms with van der Waals surface area (Å²) in [6, 6.07) is 12.9. The first-order valence-corrected chi connectivity index (χ1v) is 11.5. The first-order chi connectivity index (χ1) is 15.8. The molecule has 4 rings (SSSR count). The quantitative estimate of drug-likeness (QED) is 0.447. The highest BCUT2D eigenvalue weighted by Gasteiger charge is 2.31. The van der Waals surface area contributed by atoms with Crippen LogP contribution in [0.15, 0.2) is 48.0 Å². The minimum absolute atomic E-state index is 0.185. The summed E-state index contributed by atoms with van der Waals surface area (Å²) < 4.78 is 4.93. The van der Waals surface area contributed by atoms with Gasteiger partial charge in [-0.2, -0.15) is 0 Å². The Morgan fingerprint density at radius 2 is 1.79 bits per heavy atom. The molecule has 1 fully saturated rings. The van der Waals surface area contributed by atoms with Crippen molar-refractivity contribution in [2.75, 3.05) is 26.7 Å². The van der Waals surface area contributed by atoms with E-state index in [0.29, 0.717) is 16.3 Å². The molecule has 0 radical (unpaired) electrons. The molecule has 2 aliphatic rings. The van der Waals surface area contributed by atoms with Crippen LogP contribution in [0.25, 0.3) is 5.57 Å². The Labute approximate surface area is 199 Å². The number of para-hydroxylation sites is 1. The number of benzene rings is 2. The number of ether oxygens (including phenoxy) is 1. The van der Waals surface area contributed by atoms with Crippen LogP contribution in [0, 0.1) is 5.41 Å². The summed E-state index contributed by atoms with van der Waals surface area (Å²) in [5.74, 6) is -0.241. The third-order valence-electron chi connectivity index (χ3n) is 6.44. The summed E-state index contributed by atoms with van der Waals surface area (Å²) in [5, 5.41) is 0.465. The molecule has 2 aromatic carbocycles. The van der Waals surface area contributed by atoms with Crippen LogP contribution in [0.3, 0.4) is 0 Å². The number of hydrogen-bond acceptors (Lipinski definition) is 6. The second kappa shape index (κ2) is 9.57. The number of nitrogens with zero attached hydrogens (tertiary/aromatic N) is 1. The lowest BCUT2D eigenvalue weighted by atomic mass is 9.85. The van der Waals surface area contributed by atoms with E-state index in [1.54, 1.807) is 18.2 Å². The van der Waals surface area contributed by atoms with Crippen molar-refractivity contribution in [1.29, 1.82) is 0 Å². The van der Waals surface area contributed by atoms with Gasteiger partial charge in [0.05, 0.1) is 18.1 Å². The first-order valence-electron chi connectivity index (χ1n) is 11.1. The summed E-state index contributed by atoms with van der Waals surface area (Å²) in [5.41, 5.74) is 3.83. The topological polar surface area (TPSA) is 65.1 Å². The molecule has 0 unspecified atom stereocenters. The van der Waals surface area contributed by atoms with Crippen LogP contribution in [0.1, 0.15) is 54.6 Å². The number of methoxy groups -OCH3 is 1. The number of likely N-dealkylation sites (tertiary alicyclic amines) is 1. The SMILES string of the molecule is COC(=O)C(C)(C)CCN1CCC(=C2c3ccccc3OOC(=O)c3cc(Cl)ccc32)CC1. The normalized spacial score (nSPS) is 16.7. The number of halogens is 1. The van der Waals surface area contributed by atoms with Gasteiger partial charge in [-0.25, -0.2) is 9.68 Å². The van der Waals surface area contributed by atoms with Crippen LogP contribution in [0.5, 0.6) is 5.75 Å². The maximum atomic E-state index is 12.7. The molecule has 174 valence electrons. The zero-order valence-electron chi connectivity index (χ0n) is 19.2. The number of esters is 1. The van der Waals surface area contributed by atoms with E-state index in [1.807, 2.05) is 38.1 Å². The summed E-state index contributed by atoms with van der Waals surface area (Å²) in [4.78, 5) is 37.5. The molecule has 2 heterocycles. The summed E-state index contributed by atoms with van der Waals surface area (Å²) in [6.45, 7) is 6.40. The molecular weight excluding hydrogens is 442 g/mol. The molecule has 0 amide bonds. The molecule has 7 heteroatoms. The second-order valence-electron chi connectivity index (χ2n) is 9.09. The van der Waals surface area contributed by atoms with Gasteiger partial charge in [-0.3, -0.25) is 9.68 Å². The highest BCUT2D eigenvalue weighted by atomic mass is 35.5. The Kier molecular flexibility index (Phi) is 6.77. The third kappa shape index (κ3) is 4.92. The summed E-state index contributed by atoms with van der Waals surface area (Å²) >= 11 is 6.19. The maximum Gasteiger partial charge on any atom is 0.386 e. The molecule has 0 aromatic heterocycles. The molecule has 2 aliphatic heterocycles. The Bertz CT molecular complexity index is 1100. The Hall–Kier alpha value is -2.83. The lowest BCUT2D eigenvalue weighted by molar-refractivity contribution is -0.151. The minimum Gasteiger partial charge on any atom is -0.469 e. The van der Waals surface area contributed by atoms with E-state index in [9.17, 15) is 9.59 Å². The van der Waals surface area contributed by atoms with Crippen molar-refractivity contribution in [3.05, 3.63) is 69.8 Å². The van der Waals surface area contributed by atoms with Crippen LogP contribution in [0.2, 0.25) is 5.02 Å². The second-order valence-corrected chi connectivity index (χ2v) is 9.52. The Balaban J connectivity index is 1.64.